The Morgan fingerprint density at radius 2 is 0.838 bits per heavy atom. The molecule has 0 aliphatic rings. The van der Waals surface area contributed by atoms with Gasteiger partial charge in [0.05, 0.1) is 6.61 Å². The van der Waals surface area contributed by atoms with Crippen molar-refractivity contribution < 1.29 is 9.47 Å². The summed E-state index contributed by atoms with van der Waals surface area (Å²) in [5.41, 5.74) is 1.17. The van der Waals surface area contributed by atoms with E-state index < -0.39 is 0 Å². The first-order valence-electron chi connectivity index (χ1n) is 15.8. The van der Waals surface area contributed by atoms with E-state index in [1.54, 1.807) is 0 Å². The zero-order valence-electron chi connectivity index (χ0n) is 27.3. The van der Waals surface area contributed by atoms with Gasteiger partial charge in [0.2, 0.25) is 0 Å². The van der Waals surface area contributed by atoms with Gasteiger partial charge in [0.25, 0.3) is 0 Å². The van der Waals surface area contributed by atoms with Gasteiger partial charge in [-0.1, -0.05) is 59.8 Å². The molecule has 0 radical (unpaired) electrons. The van der Waals surface area contributed by atoms with Crippen molar-refractivity contribution in [1.29, 1.82) is 0 Å². The van der Waals surface area contributed by atoms with E-state index in [-0.39, 0.29) is 16.5 Å². The lowest BCUT2D eigenvalue weighted by molar-refractivity contribution is 0.0334. The van der Waals surface area contributed by atoms with E-state index in [1.807, 2.05) is 0 Å². The molecule has 0 atom stereocenters. The Balaban J connectivity index is 3.64. The average Bonchev–Trinajstić information content (AvgIpc) is 2.76. The summed E-state index contributed by atoms with van der Waals surface area (Å²) >= 11 is 0. The minimum atomic E-state index is 0.227. The second-order valence-corrected chi connectivity index (χ2v) is 15.1. The third kappa shape index (κ3) is 28.7. The normalized spacial score (nSPS) is 13.5. The van der Waals surface area contributed by atoms with Crippen LogP contribution in [0, 0.1) is 10.8 Å². The summed E-state index contributed by atoms with van der Waals surface area (Å²) in [6, 6.07) is 0. The van der Waals surface area contributed by atoms with Crippen molar-refractivity contribution in [2.75, 3.05) is 39.5 Å². The molecule has 0 aliphatic heterocycles. The molecule has 0 aromatic carbocycles. The van der Waals surface area contributed by atoms with Gasteiger partial charge in [-0.3, -0.25) is 0 Å². The van der Waals surface area contributed by atoms with Gasteiger partial charge < -0.3 is 20.1 Å². The standard InChI is InChI=1S/C33H70N2O2/c1-30(2,3)34-24-17-14-12-11-13-16-21-32(7,8)22-23-33(9,10)29-37-28-20-27-36-26-19-15-18-25-35-31(4,5)6/h34-35H,11-29H2,1-10H3. The van der Waals surface area contributed by atoms with Crippen molar-refractivity contribution in [3.63, 3.8) is 0 Å². The Labute approximate surface area is 234 Å². The molecule has 0 aromatic heterocycles. The molecule has 0 amide bonds. The summed E-state index contributed by atoms with van der Waals surface area (Å²) in [5, 5.41) is 7.13. The Kier molecular flexibility index (Phi) is 19.7. The van der Waals surface area contributed by atoms with E-state index in [2.05, 4.69) is 79.9 Å². The third-order valence-corrected chi connectivity index (χ3v) is 7.11. The molecule has 0 saturated heterocycles. The monoisotopic (exact) mass is 527 g/mol. The molecular weight excluding hydrogens is 456 g/mol. The van der Waals surface area contributed by atoms with Crippen LogP contribution in [0.2, 0.25) is 0 Å². The Hall–Kier alpha value is -0.160. The molecular formula is C33H70N2O2. The first-order chi connectivity index (χ1) is 17.1. The topological polar surface area (TPSA) is 42.5 Å². The van der Waals surface area contributed by atoms with Crippen LogP contribution in [0.3, 0.4) is 0 Å². The molecule has 0 heterocycles. The highest BCUT2D eigenvalue weighted by Gasteiger charge is 2.24. The smallest absolute Gasteiger partial charge is 0.0517 e. The van der Waals surface area contributed by atoms with Crippen LogP contribution in [-0.4, -0.2) is 50.6 Å². The maximum Gasteiger partial charge on any atom is 0.0517 e. The zero-order valence-corrected chi connectivity index (χ0v) is 27.3. The van der Waals surface area contributed by atoms with Crippen molar-refractivity contribution in [1.82, 2.24) is 10.6 Å². The number of hydrogen-bond donors (Lipinski definition) is 2. The Bertz CT molecular complexity index is 517. The SMILES string of the molecule is CC(C)(CCCCCCCCNC(C)(C)C)CCC(C)(C)COCCCOCCCCCNC(C)(C)C. The van der Waals surface area contributed by atoms with Crippen LogP contribution in [0.1, 0.15) is 153 Å². The quantitative estimate of drug-likeness (QED) is 0.123. The van der Waals surface area contributed by atoms with Gasteiger partial charge in [-0.25, -0.2) is 0 Å². The van der Waals surface area contributed by atoms with Gasteiger partial charge in [-0.2, -0.15) is 0 Å². The fourth-order valence-electron chi connectivity index (χ4n) is 4.46. The average molecular weight is 527 g/mol. The second kappa shape index (κ2) is 19.8. The fourth-order valence-corrected chi connectivity index (χ4v) is 4.46. The lowest BCUT2D eigenvalue weighted by atomic mass is 9.77. The Morgan fingerprint density at radius 3 is 1.41 bits per heavy atom. The van der Waals surface area contributed by atoms with Crippen molar-refractivity contribution in [3.8, 4) is 0 Å². The van der Waals surface area contributed by atoms with Crippen molar-refractivity contribution in [2.24, 2.45) is 10.8 Å². The van der Waals surface area contributed by atoms with Gasteiger partial charge in [0, 0.05) is 30.9 Å². The van der Waals surface area contributed by atoms with Crippen LogP contribution in [0.15, 0.2) is 0 Å². The largest absolute Gasteiger partial charge is 0.381 e. The van der Waals surface area contributed by atoms with Crippen LogP contribution in [0.5, 0.6) is 0 Å². The fraction of sp³-hybridized carbons (Fsp3) is 1.00. The number of nitrogens with one attached hydrogen (secondary N) is 2. The molecule has 37 heavy (non-hydrogen) atoms. The van der Waals surface area contributed by atoms with Crippen molar-refractivity contribution in [3.05, 3.63) is 0 Å². The Morgan fingerprint density at radius 1 is 0.405 bits per heavy atom. The lowest BCUT2D eigenvalue weighted by Crippen LogP contribution is -2.36. The number of rotatable bonds is 24. The van der Waals surface area contributed by atoms with Gasteiger partial charge in [0.15, 0.2) is 0 Å². The molecule has 0 rings (SSSR count). The summed E-state index contributed by atoms with van der Waals surface area (Å²) < 4.78 is 11.8. The molecule has 0 aromatic rings. The molecule has 0 bridgehead atoms. The maximum atomic E-state index is 6.03. The highest BCUT2D eigenvalue weighted by molar-refractivity contribution is 4.76. The predicted octanol–water partition coefficient (Wildman–Crippen LogP) is 8.92. The summed E-state index contributed by atoms with van der Waals surface area (Å²) in [6.45, 7) is 28.7. The van der Waals surface area contributed by atoms with Gasteiger partial charge in [-0.05, 0) is 117 Å². The third-order valence-electron chi connectivity index (χ3n) is 7.11. The number of ether oxygens (including phenoxy) is 2. The first kappa shape index (κ1) is 36.8. The molecule has 0 aliphatic carbocycles. The van der Waals surface area contributed by atoms with Crippen LogP contribution in [-0.2, 0) is 9.47 Å². The minimum Gasteiger partial charge on any atom is -0.381 e. The summed E-state index contributed by atoms with van der Waals surface area (Å²) in [4.78, 5) is 0. The van der Waals surface area contributed by atoms with Crippen molar-refractivity contribution >= 4 is 0 Å². The second-order valence-electron chi connectivity index (χ2n) is 15.1. The van der Waals surface area contributed by atoms with Gasteiger partial charge >= 0.3 is 0 Å². The maximum absolute atomic E-state index is 6.03. The van der Waals surface area contributed by atoms with E-state index in [9.17, 15) is 0 Å². The van der Waals surface area contributed by atoms with Crippen molar-refractivity contribution in [2.45, 2.75) is 164 Å². The summed E-state index contributed by atoms with van der Waals surface area (Å²) in [7, 11) is 0. The molecule has 0 spiro atoms. The highest BCUT2D eigenvalue weighted by atomic mass is 16.5. The number of unbranched alkanes of at least 4 members (excludes halogenated alkanes) is 7. The zero-order chi connectivity index (χ0) is 28.3. The van der Waals surface area contributed by atoms with Crippen LogP contribution < -0.4 is 10.6 Å². The van der Waals surface area contributed by atoms with Gasteiger partial charge in [-0.15, -0.1) is 0 Å². The van der Waals surface area contributed by atoms with E-state index in [0.717, 1.165) is 52.4 Å². The molecule has 2 N–H and O–H groups in total. The van der Waals surface area contributed by atoms with Crippen LogP contribution in [0.25, 0.3) is 0 Å². The molecule has 4 heteroatoms. The van der Waals surface area contributed by atoms with E-state index >= 15 is 0 Å². The van der Waals surface area contributed by atoms with Crippen LogP contribution >= 0.6 is 0 Å². The molecule has 0 unspecified atom stereocenters. The predicted molar refractivity (Wildman–Crippen MR) is 165 cm³/mol. The highest BCUT2D eigenvalue weighted by Crippen LogP contribution is 2.35. The first-order valence-corrected chi connectivity index (χ1v) is 15.8. The molecule has 224 valence electrons. The minimum absolute atomic E-state index is 0.227. The number of hydrogen-bond acceptors (Lipinski definition) is 4. The molecule has 0 fully saturated rings. The van der Waals surface area contributed by atoms with E-state index in [1.165, 1.54) is 70.6 Å². The van der Waals surface area contributed by atoms with E-state index in [0.29, 0.717) is 5.41 Å². The van der Waals surface area contributed by atoms with Crippen LogP contribution in [0.4, 0.5) is 0 Å². The van der Waals surface area contributed by atoms with E-state index in [4.69, 9.17) is 9.47 Å². The molecule has 4 nitrogen and oxygen atoms in total. The molecule has 0 saturated carbocycles. The summed E-state index contributed by atoms with van der Waals surface area (Å²) in [5.74, 6) is 0. The summed E-state index contributed by atoms with van der Waals surface area (Å²) in [6.07, 6.45) is 16.7. The van der Waals surface area contributed by atoms with Gasteiger partial charge in [0.1, 0.15) is 0 Å². The lowest BCUT2D eigenvalue weighted by Gasteiger charge is -2.31.